The van der Waals surface area contributed by atoms with Crippen molar-refractivity contribution in [2.45, 2.75) is 18.6 Å². The van der Waals surface area contributed by atoms with E-state index in [1.807, 2.05) is 18.2 Å². The summed E-state index contributed by atoms with van der Waals surface area (Å²) in [5.74, 6) is 1.56. The van der Waals surface area contributed by atoms with Crippen LogP contribution >= 0.6 is 11.8 Å². The third-order valence-electron chi connectivity index (χ3n) is 3.26. The summed E-state index contributed by atoms with van der Waals surface area (Å²) in [6.45, 7) is 0.646. The molecule has 0 bridgehead atoms. The zero-order valence-electron chi connectivity index (χ0n) is 12.4. The van der Waals surface area contributed by atoms with Crippen LogP contribution in [0.3, 0.4) is 0 Å². The highest BCUT2D eigenvalue weighted by molar-refractivity contribution is 7.98. The second-order valence-corrected chi connectivity index (χ2v) is 6.08. The molecule has 2 rings (SSSR count). The van der Waals surface area contributed by atoms with Gasteiger partial charge in [-0.1, -0.05) is 48.5 Å². The summed E-state index contributed by atoms with van der Waals surface area (Å²) in [6, 6.07) is 16.8. The first-order valence-electron chi connectivity index (χ1n) is 7.37. The van der Waals surface area contributed by atoms with Crippen molar-refractivity contribution >= 4 is 17.7 Å². The number of amides is 1. The van der Waals surface area contributed by atoms with E-state index in [0.717, 1.165) is 11.5 Å². The summed E-state index contributed by atoms with van der Waals surface area (Å²) in [5.41, 5.74) is 1.88. The lowest BCUT2D eigenvalue weighted by atomic mass is 10.1. The number of hydrogen-bond donors (Lipinski definition) is 1. The third kappa shape index (κ3) is 5.90. The normalized spacial score (nSPS) is 10.4. The second-order valence-electron chi connectivity index (χ2n) is 4.98. The average molecular weight is 317 g/mol. The average Bonchev–Trinajstić information content (AvgIpc) is 2.55. The maximum absolute atomic E-state index is 13.4. The Balaban J connectivity index is 1.57. The molecule has 1 amide bonds. The van der Waals surface area contributed by atoms with Crippen molar-refractivity contribution in [3.8, 4) is 0 Å². The SMILES string of the molecule is O=C(CCc1ccccc1F)NCCSCc1ccccc1. The fourth-order valence-corrected chi connectivity index (χ4v) is 2.88. The standard InChI is InChI=1S/C18H20FNOS/c19-17-9-5-4-8-16(17)10-11-18(21)20-12-13-22-14-15-6-2-1-3-7-15/h1-9H,10-14H2,(H,20,21). The van der Waals surface area contributed by atoms with Gasteiger partial charge in [0.25, 0.3) is 0 Å². The van der Waals surface area contributed by atoms with Gasteiger partial charge in [-0.25, -0.2) is 4.39 Å². The minimum atomic E-state index is -0.242. The Hall–Kier alpha value is -1.81. The molecule has 2 aromatic rings. The van der Waals surface area contributed by atoms with Gasteiger partial charge in [0.05, 0.1) is 0 Å². The van der Waals surface area contributed by atoms with Gasteiger partial charge in [0, 0.05) is 24.5 Å². The van der Waals surface area contributed by atoms with Gasteiger partial charge in [-0.3, -0.25) is 4.79 Å². The van der Waals surface area contributed by atoms with Gasteiger partial charge in [0.1, 0.15) is 5.82 Å². The smallest absolute Gasteiger partial charge is 0.220 e. The van der Waals surface area contributed by atoms with Crippen LogP contribution in [0.25, 0.3) is 0 Å². The van der Waals surface area contributed by atoms with Crippen molar-refractivity contribution < 1.29 is 9.18 Å². The molecule has 0 heterocycles. The summed E-state index contributed by atoms with van der Waals surface area (Å²) in [7, 11) is 0. The highest BCUT2D eigenvalue weighted by Crippen LogP contribution is 2.11. The molecule has 0 atom stereocenters. The molecule has 0 saturated carbocycles. The number of hydrogen-bond acceptors (Lipinski definition) is 2. The van der Waals surface area contributed by atoms with Crippen LogP contribution in [-0.2, 0) is 17.0 Å². The molecule has 0 aliphatic heterocycles. The predicted molar refractivity (Wildman–Crippen MR) is 90.3 cm³/mol. The Morgan fingerprint density at radius 3 is 2.55 bits per heavy atom. The molecule has 0 radical (unpaired) electrons. The molecule has 0 spiro atoms. The third-order valence-corrected chi connectivity index (χ3v) is 4.29. The van der Waals surface area contributed by atoms with Gasteiger partial charge in [-0.05, 0) is 23.6 Å². The van der Waals surface area contributed by atoms with Gasteiger partial charge in [0.15, 0.2) is 0 Å². The van der Waals surface area contributed by atoms with Crippen molar-refractivity contribution in [3.05, 3.63) is 71.5 Å². The van der Waals surface area contributed by atoms with Crippen molar-refractivity contribution in [3.63, 3.8) is 0 Å². The zero-order valence-corrected chi connectivity index (χ0v) is 13.2. The lowest BCUT2D eigenvalue weighted by molar-refractivity contribution is -0.120. The number of benzene rings is 2. The molecule has 4 heteroatoms. The van der Waals surface area contributed by atoms with Crippen LogP contribution in [0.2, 0.25) is 0 Å². The molecule has 2 nitrogen and oxygen atoms in total. The number of halogens is 1. The van der Waals surface area contributed by atoms with E-state index < -0.39 is 0 Å². The fraction of sp³-hybridized carbons (Fsp3) is 0.278. The number of nitrogens with one attached hydrogen (secondary N) is 1. The van der Waals surface area contributed by atoms with Crippen molar-refractivity contribution in [2.24, 2.45) is 0 Å². The van der Waals surface area contributed by atoms with E-state index in [9.17, 15) is 9.18 Å². The molecule has 116 valence electrons. The maximum Gasteiger partial charge on any atom is 0.220 e. The van der Waals surface area contributed by atoms with Crippen LogP contribution in [0, 0.1) is 5.82 Å². The summed E-state index contributed by atoms with van der Waals surface area (Å²) >= 11 is 1.79. The fourth-order valence-electron chi connectivity index (χ4n) is 2.06. The lowest BCUT2D eigenvalue weighted by Gasteiger charge is -2.06. The molecule has 0 saturated heterocycles. The summed E-state index contributed by atoms with van der Waals surface area (Å²) in [4.78, 5) is 11.7. The Kier molecular flexibility index (Phi) is 6.97. The molecule has 0 aliphatic carbocycles. The van der Waals surface area contributed by atoms with E-state index in [-0.39, 0.29) is 11.7 Å². The summed E-state index contributed by atoms with van der Waals surface area (Å²) < 4.78 is 13.4. The van der Waals surface area contributed by atoms with Crippen molar-refractivity contribution in [1.29, 1.82) is 0 Å². The second kappa shape index (κ2) is 9.26. The monoisotopic (exact) mass is 317 g/mol. The van der Waals surface area contributed by atoms with Gasteiger partial charge < -0.3 is 5.32 Å². The maximum atomic E-state index is 13.4. The molecular weight excluding hydrogens is 297 g/mol. The number of aryl methyl sites for hydroxylation is 1. The van der Waals surface area contributed by atoms with Crippen LogP contribution in [-0.4, -0.2) is 18.2 Å². The Labute approximate surface area is 135 Å². The van der Waals surface area contributed by atoms with E-state index in [2.05, 4.69) is 17.4 Å². The summed E-state index contributed by atoms with van der Waals surface area (Å²) in [6.07, 6.45) is 0.764. The largest absolute Gasteiger partial charge is 0.355 e. The minimum Gasteiger partial charge on any atom is -0.355 e. The van der Waals surface area contributed by atoms with Gasteiger partial charge in [-0.15, -0.1) is 0 Å². The number of carbonyl (C=O) groups excluding carboxylic acids is 1. The summed E-state index contributed by atoms with van der Waals surface area (Å²) in [5, 5.41) is 2.88. The van der Waals surface area contributed by atoms with E-state index >= 15 is 0 Å². The highest BCUT2D eigenvalue weighted by Gasteiger charge is 2.05. The topological polar surface area (TPSA) is 29.1 Å². The molecule has 2 aromatic carbocycles. The van der Waals surface area contributed by atoms with Gasteiger partial charge in [-0.2, -0.15) is 11.8 Å². The quantitative estimate of drug-likeness (QED) is 0.750. The van der Waals surface area contributed by atoms with E-state index in [0.29, 0.717) is 24.9 Å². The first kappa shape index (κ1) is 16.6. The molecule has 0 unspecified atom stereocenters. The molecule has 0 aromatic heterocycles. The molecular formula is C18H20FNOS. The highest BCUT2D eigenvalue weighted by atomic mass is 32.2. The first-order chi connectivity index (χ1) is 10.8. The van der Waals surface area contributed by atoms with Crippen LogP contribution < -0.4 is 5.32 Å². The Morgan fingerprint density at radius 2 is 1.77 bits per heavy atom. The Morgan fingerprint density at radius 1 is 1.05 bits per heavy atom. The van der Waals surface area contributed by atoms with E-state index in [4.69, 9.17) is 0 Å². The Bertz CT molecular complexity index is 589. The van der Waals surface area contributed by atoms with Gasteiger partial charge >= 0.3 is 0 Å². The number of carbonyl (C=O) groups is 1. The van der Waals surface area contributed by atoms with Crippen LogP contribution in [0.4, 0.5) is 4.39 Å². The minimum absolute atomic E-state index is 0.0245. The van der Waals surface area contributed by atoms with Crippen molar-refractivity contribution in [1.82, 2.24) is 5.32 Å². The number of thioether (sulfide) groups is 1. The molecule has 0 aliphatic rings. The van der Waals surface area contributed by atoms with Crippen LogP contribution in [0.1, 0.15) is 17.5 Å². The van der Waals surface area contributed by atoms with E-state index in [1.165, 1.54) is 11.6 Å². The molecule has 0 fully saturated rings. The van der Waals surface area contributed by atoms with Crippen molar-refractivity contribution in [2.75, 3.05) is 12.3 Å². The first-order valence-corrected chi connectivity index (χ1v) is 8.53. The van der Waals surface area contributed by atoms with E-state index in [1.54, 1.807) is 30.0 Å². The van der Waals surface area contributed by atoms with Gasteiger partial charge in [0.2, 0.25) is 5.91 Å². The lowest BCUT2D eigenvalue weighted by Crippen LogP contribution is -2.26. The number of rotatable bonds is 8. The van der Waals surface area contributed by atoms with Crippen LogP contribution in [0.5, 0.6) is 0 Å². The molecule has 1 N–H and O–H groups in total. The zero-order chi connectivity index (χ0) is 15.6. The van der Waals surface area contributed by atoms with Crippen LogP contribution in [0.15, 0.2) is 54.6 Å². The predicted octanol–water partition coefficient (Wildman–Crippen LogP) is 3.81. The molecule has 22 heavy (non-hydrogen) atoms.